The third-order valence-corrected chi connectivity index (χ3v) is 3.81. The van der Waals surface area contributed by atoms with Gasteiger partial charge in [0.2, 0.25) is 10.0 Å². The molecule has 0 saturated carbocycles. The maximum atomic E-state index is 11.8. The molecule has 1 unspecified atom stereocenters. The first-order valence-corrected chi connectivity index (χ1v) is 7.19. The molecule has 0 radical (unpaired) electrons. The molecule has 0 aliphatic carbocycles. The molecule has 0 fully saturated rings. The van der Waals surface area contributed by atoms with Crippen molar-refractivity contribution in [3.05, 3.63) is 35.4 Å². The van der Waals surface area contributed by atoms with E-state index in [-0.39, 0.29) is 12.3 Å². The van der Waals surface area contributed by atoms with Gasteiger partial charge in [0.05, 0.1) is 23.3 Å². The number of hydrogen-bond acceptors (Lipinski definition) is 4. The number of sulfonamides is 1. The quantitative estimate of drug-likeness (QED) is 0.798. The summed E-state index contributed by atoms with van der Waals surface area (Å²) in [5.74, 6) is -2.22. The van der Waals surface area contributed by atoms with Crippen molar-refractivity contribution in [2.45, 2.75) is 12.7 Å². The number of nitriles is 1. The zero-order valence-electron chi connectivity index (χ0n) is 10.3. The molecule has 0 bridgehead atoms. The van der Waals surface area contributed by atoms with Crippen molar-refractivity contribution in [3.8, 4) is 6.07 Å². The summed E-state index contributed by atoms with van der Waals surface area (Å²) >= 11 is 0. The van der Waals surface area contributed by atoms with Crippen LogP contribution in [0.15, 0.2) is 24.3 Å². The molecule has 2 N–H and O–H groups in total. The van der Waals surface area contributed by atoms with E-state index in [4.69, 9.17) is 10.4 Å². The lowest BCUT2D eigenvalue weighted by atomic mass is 10.1. The van der Waals surface area contributed by atoms with Gasteiger partial charge >= 0.3 is 5.97 Å². The van der Waals surface area contributed by atoms with Gasteiger partial charge < -0.3 is 5.11 Å². The van der Waals surface area contributed by atoms with Crippen molar-refractivity contribution >= 4 is 16.0 Å². The second-order valence-corrected chi connectivity index (χ2v) is 5.92. The summed E-state index contributed by atoms with van der Waals surface area (Å²) in [4.78, 5) is 10.6. The van der Waals surface area contributed by atoms with Gasteiger partial charge in [-0.05, 0) is 11.6 Å². The molecule has 1 atom stereocenters. The molecule has 19 heavy (non-hydrogen) atoms. The SMILES string of the molecule is CC(CNS(=O)(=O)Cc1ccccc1C#N)C(=O)O. The van der Waals surface area contributed by atoms with Gasteiger partial charge in [0.1, 0.15) is 0 Å². The zero-order chi connectivity index (χ0) is 14.5. The fourth-order valence-corrected chi connectivity index (χ4v) is 2.62. The smallest absolute Gasteiger partial charge is 0.307 e. The van der Waals surface area contributed by atoms with Crippen molar-refractivity contribution in [3.63, 3.8) is 0 Å². The molecule has 0 heterocycles. The Hall–Kier alpha value is -1.91. The normalized spacial score (nSPS) is 12.6. The molecule has 1 aromatic rings. The van der Waals surface area contributed by atoms with Crippen LogP contribution in [0.3, 0.4) is 0 Å². The predicted octanol–water partition coefficient (Wildman–Crippen LogP) is 0.698. The van der Waals surface area contributed by atoms with Gasteiger partial charge in [-0.15, -0.1) is 0 Å². The molecular weight excluding hydrogens is 268 g/mol. The molecule has 0 aromatic heterocycles. The highest BCUT2D eigenvalue weighted by atomic mass is 32.2. The highest BCUT2D eigenvalue weighted by Crippen LogP contribution is 2.11. The minimum absolute atomic E-state index is 0.174. The highest BCUT2D eigenvalue weighted by molar-refractivity contribution is 7.88. The number of aliphatic carboxylic acids is 1. The fourth-order valence-electron chi connectivity index (χ4n) is 1.35. The summed E-state index contributed by atoms with van der Waals surface area (Å²) in [7, 11) is -3.66. The van der Waals surface area contributed by atoms with Crippen LogP contribution in [0.1, 0.15) is 18.1 Å². The summed E-state index contributed by atoms with van der Waals surface area (Å²) in [6.07, 6.45) is 0. The Morgan fingerprint density at radius 2 is 2.11 bits per heavy atom. The van der Waals surface area contributed by atoms with Crippen LogP contribution in [-0.2, 0) is 20.6 Å². The van der Waals surface area contributed by atoms with Gasteiger partial charge in [0.25, 0.3) is 0 Å². The summed E-state index contributed by atoms with van der Waals surface area (Å²) in [5.41, 5.74) is 0.680. The van der Waals surface area contributed by atoms with Gasteiger partial charge in [-0.25, -0.2) is 13.1 Å². The topological polar surface area (TPSA) is 107 Å². The lowest BCUT2D eigenvalue weighted by molar-refractivity contribution is -0.140. The van der Waals surface area contributed by atoms with Crippen LogP contribution in [0.25, 0.3) is 0 Å². The van der Waals surface area contributed by atoms with E-state index in [2.05, 4.69) is 4.72 Å². The fraction of sp³-hybridized carbons (Fsp3) is 0.333. The second kappa shape index (κ2) is 6.31. The first kappa shape index (κ1) is 15.1. The molecule has 0 aliphatic heterocycles. The van der Waals surface area contributed by atoms with Crippen LogP contribution >= 0.6 is 0 Å². The van der Waals surface area contributed by atoms with Crippen LogP contribution in [0.4, 0.5) is 0 Å². The number of rotatable bonds is 6. The van der Waals surface area contributed by atoms with E-state index >= 15 is 0 Å². The van der Waals surface area contributed by atoms with Crippen LogP contribution in [-0.4, -0.2) is 26.0 Å². The molecule has 6 nitrogen and oxygen atoms in total. The van der Waals surface area contributed by atoms with E-state index < -0.39 is 21.9 Å². The average Bonchev–Trinajstić information content (AvgIpc) is 2.36. The van der Waals surface area contributed by atoms with Crippen molar-refractivity contribution in [1.29, 1.82) is 5.26 Å². The van der Waals surface area contributed by atoms with Crippen LogP contribution < -0.4 is 4.72 Å². The van der Waals surface area contributed by atoms with Crippen LogP contribution in [0, 0.1) is 17.2 Å². The molecule has 0 saturated heterocycles. The predicted molar refractivity (Wildman–Crippen MR) is 68.6 cm³/mol. The minimum Gasteiger partial charge on any atom is -0.481 e. The van der Waals surface area contributed by atoms with E-state index in [1.807, 2.05) is 6.07 Å². The van der Waals surface area contributed by atoms with Gasteiger partial charge in [-0.1, -0.05) is 25.1 Å². The molecule has 1 rings (SSSR count). The largest absolute Gasteiger partial charge is 0.481 e. The number of hydrogen-bond donors (Lipinski definition) is 2. The number of carbonyl (C=O) groups is 1. The Morgan fingerprint density at radius 3 is 2.68 bits per heavy atom. The molecule has 102 valence electrons. The summed E-state index contributed by atoms with van der Waals surface area (Å²) in [5, 5.41) is 17.5. The van der Waals surface area contributed by atoms with E-state index in [1.165, 1.54) is 13.0 Å². The van der Waals surface area contributed by atoms with Crippen molar-refractivity contribution in [2.75, 3.05) is 6.54 Å². The maximum Gasteiger partial charge on any atom is 0.307 e. The molecule has 0 spiro atoms. The number of benzene rings is 1. The first-order valence-electron chi connectivity index (χ1n) is 5.54. The molecule has 0 amide bonds. The lowest BCUT2D eigenvalue weighted by Crippen LogP contribution is -2.32. The zero-order valence-corrected chi connectivity index (χ0v) is 11.1. The Labute approximate surface area is 111 Å². The number of nitrogens with zero attached hydrogens (tertiary/aromatic N) is 1. The van der Waals surface area contributed by atoms with E-state index in [9.17, 15) is 13.2 Å². The lowest BCUT2D eigenvalue weighted by Gasteiger charge is -2.10. The minimum atomic E-state index is -3.66. The van der Waals surface area contributed by atoms with Gasteiger partial charge in [0, 0.05) is 6.54 Å². The molecule has 0 aliphatic rings. The molecule has 7 heteroatoms. The first-order chi connectivity index (χ1) is 8.85. The van der Waals surface area contributed by atoms with Crippen molar-refractivity contribution in [2.24, 2.45) is 5.92 Å². The Morgan fingerprint density at radius 1 is 1.47 bits per heavy atom. The van der Waals surface area contributed by atoms with E-state index in [1.54, 1.807) is 18.2 Å². The molecule has 1 aromatic carbocycles. The van der Waals surface area contributed by atoms with Crippen molar-refractivity contribution < 1.29 is 18.3 Å². The molecular formula is C12H14N2O4S. The Balaban J connectivity index is 2.75. The van der Waals surface area contributed by atoms with Gasteiger partial charge in [-0.3, -0.25) is 4.79 Å². The maximum absolute atomic E-state index is 11.8. The summed E-state index contributed by atoms with van der Waals surface area (Å²) in [6.45, 7) is 1.24. The Bertz CT molecular complexity index is 604. The van der Waals surface area contributed by atoms with Crippen LogP contribution in [0.5, 0.6) is 0 Å². The van der Waals surface area contributed by atoms with E-state index in [0.29, 0.717) is 11.1 Å². The van der Waals surface area contributed by atoms with Gasteiger partial charge in [0.15, 0.2) is 0 Å². The van der Waals surface area contributed by atoms with Crippen molar-refractivity contribution in [1.82, 2.24) is 4.72 Å². The summed E-state index contributed by atoms with van der Waals surface area (Å²) < 4.78 is 25.8. The number of carboxylic acid groups (broad SMARTS) is 1. The summed E-state index contributed by atoms with van der Waals surface area (Å²) in [6, 6.07) is 8.29. The van der Waals surface area contributed by atoms with E-state index in [0.717, 1.165) is 0 Å². The Kier molecular flexibility index (Phi) is 5.03. The highest BCUT2D eigenvalue weighted by Gasteiger charge is 2.17. The monoisotopic (exact) mass is 282 g/mol. The third-order valence-electron chi connectivity index (χ3n) is 2.51. The second-order valence-electron chi connectivity index (χ2n) is 4.12. The number of carboxylic acids is 1. The average molecular weight is 282 g/mol. The standard InChI is InChI=1S/C12H14N2O4S/c1-9(12(15)16)7-14-19(17,18)8-11-5-3-2-4-10(11)6-13/h2-5,9,14H,7-8H2,1H3,(H,15,16). The van der Waals surface area contributed by atoms with Gasteiger partial charge in [-0.2, -0.15) is 5.26 Å². The number of nitrogens with one attached hydrogen (secondary N) is 1. The van der Waals surface area contributed by atoms with Crippen LogP contribution in [0.2, 0.25) is 0 Å². The third kappa shape index (κ3) is 4.69.